The summed E-state index contributed by atoms with van der Waals surface area (Å²) < 4.78 is 0. The number of para-hydroxylation sites is 1. The molecule has 0 radical (unpaired) electrons. The van der Waals surface area contributed by atoms with Crippen molar-refractivity contribution in [3.8, 4) is 0 Å². The van der Waals surface area contributed by atoms with Gasteiger partial charge in [0.1, 0.15) is 17.3 Å². The van der Waals surface area contributed by atoms with Gasteiger partial charge < -0.3 is 10.6 Å². The zero-order chi connectivity index (χ0) is 19.3. The molecule has 1 amide bonds. The average Bonchev–Trinajstić information content (AvgIpc) is 2.72. The van der Waals surface area contributed by atoms with Crippen LogP contribution >= 0.6 is 0 Å². The second-order valence-corrected chi connectivity index (χ2v) is 6.20. The zero-order valence-electron chi connectivity index (χ0n) is 15.3. The van der Waals surface area contributed by atoms with E-state index >= 15 is 0 Å². The molecule has 2 N–H and O–H groups in total. The Labute approximate surface area is 161 Å². The molecule has 0 bridgehead atoms. The van der Waals surface area contributed by atoms with Crippen LogP contribution in [-0.2, 0) is 6.54 Å². The number of benzene rings is 1. The van der Waals surface area contributed by atoms with E-state index in [4.69, 9.17) is 0 Å². The molecule has 7 nitrogen and oxygen atoms in total. The lowest BCUT2D eigenvalue weighted by Crippen LogP contribution is -2.24. The number of nitrogens with zero attached hydrogens (tertiary/aromatic N) is 4. The summed E-state index contributed by atoms with van der Waals surface area (Å²) in [7, 11) is 0. The van der Waals surface area contributed by atoms with Crippen LogP contribution in [0, 0.1) is 6.92 Å². The van der Waals surface area contributed by atoms with Crippen LogP contribution in [0.1, 0.15) is 22.0 Å². The summed E-state index contributed by atoms with van der Waals surface area (Å²) in [5.74, 6) is 0.755. The normalized spacial score (nSPS) is 10.6. The first-order chi connectivity index (χ1) is 13.7. The van der Waals surface area contributed by atoms with Crippen molar-refractivity contribution in [3.05, 3.63) is 84.2 Å². The molecule has 0 aliphatic carbocycles. The molecule has 0 atom stereocenters. The molecule has 0 saturated carbocycles. The Balaban J connectivity index is 1.56. The third-order valence-electron chi connectivity index (χ3n) is 4.12. The fourth-order valence-corrected chi connectivity index (χ4v) is 2.86. The summed E-state index contributed by atoms with van der Waals surface area (Å²) in [4.78, 5) is 29.8. The van der Waals surface area contributed by atoms with E-state index in [1.165, 1.54) is 0 Å². The first kappa shape index (κ1) is 17.5. The number of hydrogen-bond donors (Lipinski definition) is 2. The topological polar surface area (TPSA) is 92.7 Å². The number of nitrogens with one attached hydrogen (secondary N) is 2. The fraction of sp³-hybridized carbons (Fsp3) is 0.0952. The number of aryl methyl sites for hydroxylation is 1. The molecule has 1 aromatic carbocycles. The second kappa shape index (κ2) is 7.79. The highest BCUT2D eigenvalue weighted by Crippen LogP contribution is 2.24. The fourth-order valence-electron chi connectivity index (χ4n) is 2.86. The van der Waals surface area contributed by atoms with Gasteiger partial charge in [0.2, 0.25) is 0 Å². The standard InChI is InChI=1S/C21H18N6O/c1-14-25-18(21(28)24-13-16-8-2-3-10-22-16)12-19(26-14)27-17-9-4-6-15-7-5-11-23-20(15)17/h2-12H,13H2,1H3,(H,24,28)(H,25,26,27). The highest BCUT2D eigenvalue weighted by atomic mass is 16.1. The Hall–Kier alpha value is -3.87. The predicted octanol–water partition coefficient (Wildman–Crippen LogP) is 3.40. The highest BCUT2D eigenvalue weighted by molar-refractivity contribution is 5.94. The molecule has 0 unspecified atom stereocenters. The van der Waals surface area contributed by atoms with E-state index < -0.39 is 0 Å². The quantitative estimate of drug-likeness (QED) is 0.559. The summed E-state index contributed by atoms with van der Waals surface area (Å²) in [5, 5.41) is 7.10. The number of anilines is 2. The third kappa shape index (κ3) is 3.93. The Kier molecular flexibility index (Phi) is 4.88. The zero-order valence-corrected chi connectivity index (χ0v) is 15.3. The molecule has 0 aliphatic heterocycles. The molecule has 0 fully saturated rings. The van der Waals surface area contributed by atoms with E-state index in [0.29, 0.717) is 23.9 Å². The van der Waals surface area contributed by atoms with Gasteiger partial charge in [-0.05, 0) is 31.2 Å². The lowest BCUT2D eigenvalue weighted by molar-refractivity contribution is 0.0945. The highest BCUT2D eigenvalue weighted by Gasteiger charge is 2.12. The molecule has 3 aromatic heterocycles. The molecule has 3 heterocycles. The van der Waals surface area contributed by atoms with Crippen molar-refractivity contribution in [1.29, 1.82) is 0 Å². The van der Waals surface area contributed by atoms with Crippen LogP contribution in [0.5, 0.6) is 0 Å². The molecular formula is C21H18N6O. The van der Waals surface area contributed by atoms with E-state index in [1.807, 2.05) is 48.5 Å². The summed E-state index contributed by atoms with van der Waals surface area (Å²) >= 11 is 0. The smallest absolute Gasteiger partial charge is 0.270 e. The Bertz CT molecular complexity index is 1120. The van der Waals surface area contributed by atoms with Crippen LogP contribution in [0.4, 0.5) is 11.5 Å². The Morgan fingerprint density at radius 2 is 1.82 bits per heavy atom. The van der Waals surface area contributed by atoms with Gasteiger partial charge in [0.25, 0.3) is 5.91 Å². The molecule has 4 aromatic rings. The number of fused-ring (bicyclic) bond motifs is 1. The van der Waals surface area contributed by atoms with Gasteiger partial charge in [-0.1, -0.05) is 24.3 Å². The first-order valence-electron chi connectivity index (χ1n) is 8.83. The Morgan fingerprint density at radius 3 is 2.68 bits per heavy atom. The maximum atomic E-state index is 12.5. The SMILES string of the molecule is Cc1nc(Nc2cccc3cccnc23)cc(C(=O)NCc2ccccn2)n1. The summed E-state index contributed by atoms with van der Waals surface area (Å²) in [6, 6.07) is 16.9. The van der Waals surface area contributed by atoms with E-state index in [-0.39, 0.29) is 5.91 Å². The summed E-state index contributed by atoms with van der Waals surface area (Å²) in [6.07, 6.45) is 3.44. The van der Waals surface area contributed by atoms with Crippen molar-refractivity contribution in [2.45, 2.75) is 13.5 Å². The molecule has 0 spiro atoms. The van der Waals surface area contributed by atoms with E-state index in [9.17, 15) is 4.79 Å². The van der Waals surface area contributed by atoms with Crippen molar-refractivity contribution in [3.63, 3.8) is 0 Å². The number of pyridine rings is 2. The van der Waals surface area contributed by atoms with Gasteiger partial charge in [0, 0.05) is 23.8 Å². The van der Waals surface area contributed by atoms with Crippen LogP contribution in [0.2, 0.25) is 0 Å². The van der Waals surface area contributed by atoms with Crippen molar-refractivity contribution in [2.75, 3.05) is 5.32 Å². The minimum Gasteiger partial charge on any atom is -0.345 e. The molecule has 0 aliphatic rings. The van der Waals surface area contributed by atoms with Gasteiger partial charge in [-0.3, -0.25) is 14.8 Å². The monoisotopic (exact) mass is 370 g/mol. The number of carbonyl (C=O) groups is 1. The van der Waals surface area contributed by atoms with Gasteiger partial charge in [-0.2, -0.15) is 0 Å². The Morgan fingerprint density at radius 1 is 0.964 bits per heavy atom. The van der Waals surface area contributed by atoms with E-state index in [0.717, 1.165) is 22.3 Å². The number of aromatic nitrogens is 4. The minimum absolute atomic E-state index is 0.282. The van der Waals surface area contributed by atoms with Crippen molar-refractivity contribution < 1.29 is 4.79 Å². The van der Waals surface area contributed by atoms with Crippen LogP contribution in [0.3, 0.4) is 0 Å². The second-order valence-electron chi connectivity index (χ2n) is 6.20. The van der Waals surface area contributed by atoms with Crippen LogP contribution < -0.4 is 10.6 Å². The number of hydrogen-bond acceptors (Lipinski definition) is 6. The van der Waals surface area contributed by atoms with Gasteiger partial charge in [-0.15, -0.1) is 0 Å². The van der Waals surface area contributed by atoms with Gasteiger partial charge in [0.05, 0.1) is 23.4 Å². The first-order valence-corrected chi connectivity index (χ1v) is 8.83. The predicted molar refractivity (Wildman–Crippen MR) is 107 cm³/mol. The van der Waals surface area contributed by atoms with Crippen LogP contribution in [-0.4, -0.2) is 25.8 Å². The van der Waals surface area contributed by atoms with Gasteiger partial charge in [-0.25, -0.2) is 9.97 Å². The number of rotatable bonds is 5. The van der Waals surface area contributed by atoms with Crippen molar-refractivity contribution in [2.24, 2.45) is 0 Å². The minimum atomic E-state index is -0.282. The molecule has 28 heavy (non-hydrogen) atoms. The molecule has 4 rings (SSSR count). The van der Waals surface area contributed by atoms with Crippen molar-refractivity contribution >= 4 is 28.3 Å². The largest absolute Gasteiger partial charge is 0.345 e. The summed E-state index contributed by atoms with van der Waals surface area (Å²) in [5.41, 5.74) is 2.72. The van der Waals surface area contributed by atoms with Gasteiger partial charge >= 0.3 is 0 Å². The van der Waals surface area contributed by atoms with Crippen molar-refractivity contribution in [1.82, 2.24) is 25.3 Å². The maximum Gasteiger partial charge on any atom is 0.270 e. The lowest BCUT2D eigenvalue weighted by atomic mass is 10.2. The van der Waals surface area contributed by atoms with E-state index in [2.05, 4.69) is 30.6 Å². The maximum absolute atomic E-state index is 12.5. The molecular weight excluding hydrogens is 352 g/mol. The third-order valence-corrected chi connectivity index (χ3v) is 4.12. The number of amides is 1. The number of carbonyl (C=O) groups excluding carboxylic acids is 1. The van der Waals surface area contributed by atoms with Gasteiger partial charge in [0.15, 0.2) is 0 Å². The lowest BCUT2D eigenvalue weighted by Gasteiger charge is -2.10. The molecule has 138 valence electrons. The molecule has 0 saturated heterocycles. The average molecular weight is 370 g/mol. The van der Waals surface area contributed by atoms with Crippen LogP contribution in [0.15, 0.2) is 67.0 Å². The summed E-state index contributed by atoms with van der Waals surface area (Å²) in [6.45, 7) is 2.08. The molecule has 7 heteroatoms. The van der Waals surface area contributed by atoms with E-state index in [1.54, 1.807) is 25.4 Å². The van der Waals surface area contributed by atoms with Crippen LogP contribution in [0.25, 0.3) is 10.9 Å².